The molecule has 20 rings (SSSR count). The molecule has 8 aliphatic rings. The summed E-state index contributed by atoms with van der Waals surface area (Å²) in [5.41, 5.74) is 16.6. The standard InChI is InChI=1S/C31H34BrClN2O2.C31H34BrFN2O2.C31H34F2N2O2.C30H33BrFN3O2/c3*1-21-2-4-23(5-3-21)30(24-8-12-26(33)13-9-24)34-31(36)28-15-14-27(35-16-18-37-19-17-35)20-29(28)22-6-10-25(32)11-7-22;1-20-2-4-22(5-3-20)29(23-12-13-33-28(32)18-23)34-30(36)26-11-10-25(35-14-16-37-17-15-35)19-27(26)21-6-8-24(31)9-7-21/h3*2-13,27-30H,14-20H2,1H3,(H,34,36);2-9,12-13,18,25-27,29H,10-11,14-17,19H2,1H3,(H,34,36)/t2*27-,28-,29+,30?;;25-,26-,27+,29?/m11.1/s1. The number of nitrogens with one attached hydrogen (secondary N) is 4. The number of aromatic nitrogens is 1. The van der Waals surface area contributed by atoms with E-state index in [9.17, 15) is 36.7 Å². The van der Waals surface area contributed by atoms with E-state index in [1.54, 1.807) is 30.3 Å². The number of hydrogen-bond donors (Lipinski definition) is 4. The van der Waals surface area contributed by atoms with E-state index < -0.39 is 12.0 Å². The van der Waals surface area contributed by atoms with E-state index in [2.05, 4.69) is 210 Å². The number of carbonyl (C=O) groups excluding carboxylic acids is 4. The molecular formula is C123H135Br3ClF4N9O8. The molecule has 4 saturated heterocycles. The highest BCUT2D eigenvalue weighted by atomic mass is 79.9. The molecule has 4 N–H and O–H groups in total. The molecule has 4 amide bonds. The van der Waals surface area contributed by atoms with Gasteiger partial charge in [0.25, 0.3) is 0 Å². The number of rotatable bonds is 24. The zero-order valence-corrected chi connectivity index (χ0v) is 90.2. The first-order valence-electron chi connectivity index (χ1n) is 52.6. The summed E-state index contributed by atoms with van der Waals surface area (Å²) < 4.78 is 80.7. The molecular weight excluding hydrogens is 2080 g/mol. The first-order valence-corrected chi connectivity index (χ1v) is 55.3. The van der Waals surface area contributed by atoms with Gasteiger partial charge in [0.05, 0.1) is 77.0 Å². The molecule has 4 saturated carbocycles. The van der Waals surface area contributed by atoms with E-state index in [4.69, 9.17) is 30.5 Å². The highest BCUT2D eigenvalue weighted by Gasteiger charge is 2.45. The zero-order chi connectivity index (χ0) is 103. The number of amides is 4. The Bertz CT molecular complexity index is 5670. The monoisotopic (exact) mass is 2210 g/mol. The van der Waals surface area contributed by atoms with Crippen molar-refractivity contribution in [1.29, 1.82) is 0 Å². The van der Waals surface area contributed by atoms with Crippen LogP contribution in [0.4, 0.5) is 17.6 Å². The van der Waals surface area contributed by atoms with E-state index in [0.717, 1.165) is 257 Å². The van der Waals surface area contributed by atoms with Crippen LogP contribution in [0.15, 0.2) is 299 Å². The van der Waals surface area contributed by atoms with E-state index in [0.29, 0.717) is 34.8 Å². The predicted molar refractivity (Wildman–Crippen MR) is 587 cm³/mol. The molecule has 0 radical (unpaired) electrons. The summed E-state index contributed by atoms with van der Waals surface area (Å²) in [6, 6.07) is 88.7. The minimum atomic E-state index is -0.553. The van der Waals surface area contributed by atoms with Crippen molar-refractivity contribution in [3.8, 4) is 0 Å². The lowest BCUT2D eigenvalue weighted by molar-refractivity contribution is -0.128. The lowest BCUT2D eigenvalue weighted by atomic mass is 9.72. The van der Waals surface area contributed by atoms with Gasteiger partial charge in [-0.15, -0.1) is 0 Å². The molecule has 16 atom stereocenters. The third kappa shape index (κ3) is 29.3. The molecule has 148 heavy (non-hydrogen) atoms. The maximum absolute atomic E-state index is 14.1. The lowest BCUT2D eigenvalue weighted by Crippen LogP contribution is -2.48. The Hall–Kier alpha value is -10.4. The number of hydrogen-bond acceptors (Lipinski definition) is 13. The van der Waals surface area contributed by atoms with Gasteiger partial charge in [-0.05, 0) is 292 Å². The van der Waals surface area contributed by atoms with Crippen molar-refractivity contribution in [3.05, 3.63) is 416 Å². The van der Waals surface area contributed by atoms with Crippen molar-refractivity contribution in [2.24, 2.45) is 23.7 Å². The first-order chi connectivity index (χ1) is 71.9. The average Bonchev–Trinajstić information content (AvgIpc) is 0.798. The Kier molecular flexibility index (Phi) is 39.0. The molecule has 5 heterocycles. The normalized spacial score (nSPS) is 23.4. The summed E-state index contributed by atoms with van der Waals surface area (Å²) in [5.74, 6) is -1.51. The van der Waals surface area contributed by atoms with Crippen LogP contribution in [0.5, 0.6) is 0 Å². The van der Waals surface area contributed by atoms with Gasteiger partial charge >= 0.3 is 0 Å². The van der Waals surface area contributed by atoms with Crippen molar-refractivity contribution in [1.82, 2.24) is 45.9 Å². The van der Waals surface area contributed by atoms with Crippen LogP contribution in [-0.2, 0) is 38.1 Å². The fourth-order valence-electron chi connectivity index (χ4n) is 23.3. The Morgan fingerprint density at radius 3 is 0.736 bits per heavy atom. The molecule has 12 aromatic rings. The molecule has 17 nitrogen and oxygen atoms in total. The van der Waals surface area contributed by atoms with Crippen molar-refractivity contribution >= 4 is 83.0 Å². The maximum Gasteiger partial charge on any atom is 0.224 e. The minimum absolute atomic E-state index is 0.0103. The Morgan fingerprint density at radius 1 is 0.291 bits per heavy atom. The fraction of sp³-hybridized carbons (Fsp3) is 0.390. The van der Waals surface area contributed by atoms with Gasteiger partial charge in [-0.25, -0.2) is 18.2 Å². The summed E-state index contributed by atoms with van der Waals surface area (Å²) in [4.78, 5) is 69.8. The summed E-state index contributed by atoms with van der Waals surface area (Å²) in [6.07, 6.45) is 12.4. The van der Waals surface area contributed by atoms with E-state index in [1.165, 1.54) is 70.9 Å². The molecule has 0 spiro atoms. The fourth-order valence-corrected chi connectivity index (χ4v) is 24.2. The number of halogens is 8. The molecule has 776 valence electrons. The van der Waals surface area contributed by atoms with Gasteiger partial charge in [-0.3, -0.25) is 38.8 Å². The van der Waals surface area contributed by atoms with E-state index in [1.807, 2.05) is 118 Å². The number of pyridine rings is 1. The third-order valence-electron chi connectivity index (χ3n) is 31.6. The average molecular weight is 2220 g/mol. The number of carbonyl (C=O) groups is 4. The van der Waals surface area contributed by atoms with Crippen molar-refractivity contribution in [2.75, 3.05) is 105 Å². The summed E-state index contributed by atoms with van der Waals surface area (Å²) in [5, 5.41) is 14.1. The van der Waals surface area contributed by atoms with Crippen LogP contribution < -0.4 is 21.3 Å². The smallest absolute Gasteiger partial charge is 0.224 e. The molecule has 11 aromatic carbocycles. The maximum atomic E-state index is 14.1. The highest BCUT2D eigenvalue weighted by Crippen LogP contribution is 2.47. The number of ether oxygens (including phenoxy) is 4. The molecule has 4 aliphatic carbocycles. The topological polar surface area (TPSA) is 179 Å². The van der Waals surface area contributed by atoms with E-state index in [-0.39, 0.29) is 107 Å². The first kappa shape index (κ1) is 109. The predicted octanol–water partition coefficient (Wildman–Crippen LogP) is 24.8. The second kappa shape index (κ2) is 53.0. The second-order valence-electron chi connectivity index (χ2n) is 41.0. The van der Waals surface area contributed by atoms with E-state index >= 15 is 0 Å². The largest absolute Gasteiger partial charge is 0.379 e. The molecule has 8 fully saturated rings. The number of benzene rings is 11. The van der Waals surface area contributed by atoms with Gasteiger partial charge in [0.15, 0.2) is 0 Å². The van der Waals surface area contributed by atoms with Crippen LogP contribution in [0.2, 0.25) is 5.02 Å². The van der Waals surface area contributed by atoms with Gasteiger partial charge in [0.1, 0.15) is 17.5 Å². The van der Waals surface area contributed by atoms with Crippen molar-refractivity contribution in [3.63, 3.8) is 0 Å². The van der Waals surface area contributed by atoms with Crippen LogP contribution in [0.3, 0.4) is 0 Å². The van der Waals surface area contributed by atoms with Crippen LogP contribution in [0.25, 0.3) is 0 Å². The minimum Gasteiger partial charge on any atom is -0.379 e. The second-order valence-corrected chi connectivity index (χ2v) is 44.2. The van der Waals surface area contributed by atoms with Gasteiger partial charge < -0.3 is 40.2 Å². The van der Waals surface area contributed by atoms with Crippen LogP contribution in [0.1, 0.15) is 214 Å². The molecule has 25 heteroatoms. The van der Waals surface area contributed by atoms with Gasteiger partial charge in [-0.2, -0.15) is 4.39 Å². The highest BCUT2D eigenvalue weighted by molar-refractivity contribution is 9.11. The SMILES string of the molecule is Cc1ccc(C(NC(=O)C2CCC(N3CCOCC3)CC2c2ccc(F)cc2)c2ccc(F)cc2)cc1.Cc1ccc(C(NC(=O)[C@@H]2CC[C@@H](N3CCOCC3)C[C@H]2c2ccc(Br)cc2)c2ccc(Cl)cc2)cc1.Cc1ccc(C(NC(=O)[C@@H]2CC[C@@H](N3CCOCC3)C[C@H]2c2ccc(Br)cc2)c2ccc(F)cc2)cc1.Cc1ccc(C(NC(=O)[C@@H]2CC[C@@H](N3CCOCC3)C[C@H]2c2ccc(Br)cc2)c2ccnc(F)c2)cc1. The van der Waals surface area contributed by atoms with Crippen LogP contribution in [-0.4, -0.2) is 178 Å². The summed E-state index contributed by atoms with van der Waals surface area (Å²) >= 11 is 16.9. The quantitative estimate of drug-likeness (QED) is 0.0332. The third-order valence-corrected chi connectivity index (χ3v) is 33.4. The summed E-state index contributed by atoms with van der Waals surface area (Å²) in [7, 11) is 0. The van der Waals surface area contributed by atoms with Gasteiger partial charge in [-0.1, -0.05) is 264 Å². The van der Waals surface area contributed by atoms with Crippen LogP contribution in [0, 0.1) is 74.8 Å². The van der Waals surface area contributed by atoms with Gasteiger partial charge in [0.2, 0.25) is 29.6 Å². The Labute approximate surface area is 899 Å². The molecule has 1 aromatic heterocycles. The van der Waals surface area contributed by atoms with Crippen molar-refractivity contribution < 1.29 is 55.7 Å². The zero-order valence-electron chi connectivity index (χ0n) is 84.7. The number of morpholine rings is 4. The molecule has 0 bridgehead atoms. The summed E-state index contributed by atoms with van der Waals surface area (Å²) in [6.45, 7) is 21.9. The molecule has 7 unspecified atom stereocenters. The number of nitrogens with zero attached hydrogens (tertiary/aromatic N) is 5. The molecule has 4 aliphatic heterocycles. The number of aryl methyl sites for hydroxylation is 4. The Balaban J connectivity index is 0.000000135. The lowest BCUT2D eigenvalue weighted by Gasteiger charge is -2.42. The van der Waals surface area contributed by atoms with Gasteiger partial charge in [0, 0.05) is 125 Å². The van der Waals surface area contributed by atoms with Crippen LogP contribution >= 0.6 is 59.4 Å². The van der Waals surface area contributed by atoms with Crippen molar-refractivity contribution in [2.45, 2.75) is 177 Å². The Morgan fingerprint density at radius 2 is 0.500 bits per heavy atom.